The van der Waals surface area contributed by atoms with Crippen LogP contribution >= 0.6 is 0 Å². The Morgan fingerprint density at radius 3 is 2.33 bits per heavy atom. The summed E-state index contributed by atoms with van der Waals surface area (Å²) in [6, 6.07) is 9.80. The van der Waals surface area contributed by atoms with E-state index in [0.29, 0.717) is 13.1 Å². The Balaban J connectivity index is 1.54. The van der Waals surface area contributed by atoms with Crippen LogP contribution in [0, 0.1) is 11.6 Å². The molecule has 2 saturated heterocycles. The van der Waals surface area contributed by atoms with Gasteiger partial charge in [-0.25, -0.2) is 8.78 Å². The molecule has 2 fully saturated rings. The van der Waals surface area contributed by atoms with Crippen LogP contribution in [-0.2, 0) is 9.53 Å². The predicted molar refractivity (Wildman–Crippen MR) is 128 cm³/mol. The van der Waals surface area contributed by atoms with Gasteiger partial charge in [-0.1, -0.05) is 6.07 Å². The Bertz CT molecular complexity index is 1120. The Kier molecular flexibility index (Phi) is 7.65. The first-order valence-corrected chi connectivity index (χ1v) is 11.9. The summed E-state index contributed by atoms with van der Waals surface area (Å²) in [7, 11) is 3.78. The van der Waals surface area contributed by atoms with Crippen molar-refractivity contribution in [3.05, 3.63) is 71.3 Å². The molecule has 2 aromatic carbocycles. The van der Waals surface area contributed by atoms with Gasteiger partial charge in [0, 0.05) is 50.1 Å². The van der Waals surface area contributed by atoms with Gasteiger partial charge in [0.2, 0.25) is 5.91 Å². The van der Waals surface area contributed by atoms with Crippen LogP contribution in [0.25, 0.3) is 0 Å². The Labute approximate surface area is 208 Å². The maximum Gasteiger partial charge on any atom is 0.256 e. The minimum atomic E-state index is -1.09. The third kappa shape index (κ3) is 5.39. The summed E-state index contributed by atoms with van der Waals surface area (Å²) in [6.07, 6.45) is 0.560. The van der Waals surface area contributed by atoms with Crippen molar-refractivity contribution in [3.8, 4) is 0 Å². The zero-order chi connectivity index (χ0) is 25.9. The maximum absolute atomic E-state index is 13.6. The number of carbonyl (C=O) groups excluding carboxylic acids is 3. The molecule has 0 aliphatic carbocycles. The lowest BCUT2D eigenvalue weighted by Gasteiger charge is -2.44. The van der Waals surface area contributed by atoms with Crippen LogP contribution in [-0.4, -0.2) is 91.1 Å². The normalized spacial score (nSPS) is 19.1. The summed E-state index contributed by atoms with van der Waals surface area (Å²) in [5.74, 6) is -2.04. The molecular formula is C26H30F2N4O4. The van der Waals surface area contributed by atoms with Crippen LogP contribution in [0.2, 0.25) is 0 Å². The molecule has 192 valence electrons. The highest BCUT2D eigenvalue weighted by Gasteiger charge is 2.54. The van der Waals surface area contributed by atoms with Gasteiger partial charge in [-0.05, 0) is 56.6 Å². The van der Waals surface area contributed by atoms with E-state index in [1.807, 2.05) is 19.0 Å². The van der Waals surface area contributed by atoms with E-state index in [1.54, 1.807) is 11.0 Å². The number of halogens is 2. The molecule has 8 nitrogen and oxygen atoms in total. The number of nitrogens with zero attached hydrogens (tertiary/aromatic N) is 3. The molecule has 1 atom stereocenters. The zero-order valence-corrected chi connectivity index (χ0v) is 20.4. The van der Waals surface area contributed by atoms with Crippen molar-refractivity contribution in [2.45, 2.75) is 24.6 Å². The molecule has 36 heavy (non-hydrogen) atoms. The van der Waals surface area contributed by atoms with Gasteiger partial charge in [-0.3, -0.25) is 19.3 Å². The van der Waals surface area contributed by atoms with E-state index < -0.39 is 29.3 Å². The molecule has 0 aromatic heterocycles. The van der Waals surface area contributed by atoms with Gasteiger partial charge in [-0.15, -0.1) is 0 Å². The number of carbonyl (C=O) groups is 3. The highest BCUT2D eigenvalue weighted by molar-refractivity contribution is 5.98. The molecule has 0 radical (unpaired) electrons. The third-order valence-corrected chi connectivity index (χ3v) is 6.63. The topological polar surface area (TPSA) is 82.2 Å². The first-order valence-electron chi connectivity index (χ1n) is 11.9. The lowest BCUT2D eigenvalue weighted by molar-refractivity contribution is -0.128. The fraction of sp³-hybridized carbons (Fsp3) is 0.423. The number of nitrogens with one attached hydrogen (secondary N) is 1. The number of piperidine rings is 1. The van der Waals surface area contributed by atoms with Gasteiger partial charge >= 0.3 is 0 Å². The van der Waals surface area contributed by atoms with E-state index in [4.69, 9.17) is 4.74 Å². The summed E-state index contributed by atoms with van der Waals surface area (Å²) < 4.78 is 33.2. The van der Waals surface area contributed by atoms with Crippen molar-refractivity contribution in [3.63, 3.8) is 0 Å². The molecule has 2 aliphatic rings. The van der Waals surface area contributed by atoms with Crippen LogP contribution in [0.5, 0.6) is 0 Å². The van der Waals surface area contributed by atoms with E-state index in [9.17, 15) is 23.2 Å². The van der Waals surface area contributed by atoms with E-state index in [-0.39, 0.29) is 55.5 Å². The quantitative estimate of drug-likeness (QED) is 0.657. The van der Waals surface area contributed by atoms with Crippen molar-refractivity contribution in [1.82, 2.24) is 20.0 Å². The molecule has 0 bridgehead atoms. The number of ether oxygens (including phenoxy) is 1. The second-order valence-electron chi connectivity index (χ2n) is 9.35. The van der Waals surface area contributed by atoms with Crippen LogP contribution in [0.1, 0.15) is 33.6 Å². The fourth-order valence-corrected chi connectivity index (χ4v) is 4.68. The minimum absolute atomic E-state index is 0.0125. The number of hydrogen-bond donors (Lipinski definition) is 1. The van der Waals surface area contributed by atoms with Gasteiger partial charge in [-0.2, -0.15) is 0 Å². The van der Waals surface area contributed by atoms with Gasteiger partial charge in [0.1, 0.15) is 23.4 Å². The first kappa shape index (κ1) is 25.7. The zero-order valence-electron chi connectivity index (χ0n) is 20.4. The lowest BCUT2D eigenvalue weighted by Crippen LogP contribution is -2.60. The first-order chi connectivity index (χ1) is 17.2. The highest BCUT2D eigenvalue weighted by atomic mass is 19.1. The Hall–Kier alpha value is -3.37. The molecule has 2 heterocycles. The number of likely N-dealkylation sites (N-methyl/N-ethyl adjacent to an activating group) is 1. The fourth-order valence-electron chi connectivity index (χ4n) is 4.68. The van der Waals surface area contributed by atoms with Crippen molar-refractivity contribution < 1.29 is 27.9 Å². The smallest absolute Gasteiger partial charge is 0.256 e. The molecule has 0 unspecified atom stereocenters. The Morgan fingerprint density at radius 1 is 1.00 bits per heavy atom. The van der Waals surface area contributed by atoms with Crippen molar-refractivity contribution in [1.29, 1.82) is 0 Å². The number of hydrogen-bond acceptors (Lipinski definition) is 5. The van der Waals surface area contributed by atoms with Gasteiger partial charge in [0.05, 0.1) is 6.61 Å². The number of amides is 3. The Morgan fingerprint density at radius 2 is 1.69 bits per heavy atom. The second-order valence-corrected chi connectivity index (χ2v) is 9.35. The maximum atomic E-state index is 13.6. The molecule has 4 rings (SSSR count). The molecule has 10 heteroatoms. The number of rotatable bonds is 6. The van der Waals surface area contributed by atoms with E-state index in [2.05, 4.69) is 5.32 Å². The third-order valence-electron chi connectivity index (χ3n) is 6.63. The molecular weight excluding hydrogens is 470 g/mol. The van der Waals surface area contributed by atoms with Crippen molar-refractivity contribution >= 4 is 17.7 Å². The minimum Gasteiger partial charge on any atom is -0.353 e. The largest absolute Gasteiger partial charge is 0.353 e. The highest BCUT2D eigenvalue weighted by Crippen LogP contribution is 2.38. The monoisotopic (exact) mass is 500 g/mol. The van der Waals surface area contributed by atoms with Crippen LogP contribution < -0.4 is 5.32 Å². The van der Waals surface area contributed by atoms with Gasteiger partial charge < -0.3 is 19.9 Å². The molecule has 3 amide bonds. The number of benzene rings is 2. The van der Waals surface area contributed by atoms with Crippen molar-refractivity contribution in [2.24, 2.45) is 0 Å². The molecule has 2 aliphatic heterocycles. The summed E-state index contributed by atoms with van der Waals surface area (Å²) in [5.41, 5.74) is -0.602. The van der Waals surface area contributed by atoms with E-state index in [1.165, 1.54) is 47.4 Å². The average Bonchev–Trinajstić information content (AvgIpc) is 3.22. The molecule has 0 saturated carbocycles. The van der Waals surface area contributed by atoms with Gasteiger partial charge in [0.25, 0.3) is 11.8 Å². The molecule has 1 N–H and O–H groups in total. The summed E-state index contributed by atoms with van der Waals surface area (Å²) in [4.78, 5) is 44.6. The summed E-state index contributed by atoms with van der Waals surface area (Å²) in [6.45, 7) is 1.57. The van der Waals surface area contributed by atoms with E-state index >= 15 is 0 Å². The standard InChI is InChI=1S/C26H30F2N4O4/c1-30(2)15-12-29-23(33)22-17-36-26(32(22)25(35)18-6-8-20(27)9-7-18)10-13-31(14-11-26)24(34)19-4-3-5-21(28)16-19/h3-9,16,22H,10-15,17H2,1-2H3,(H,29,33)/t22-/m1/s1. The second kappa shape index (κ2) is 10.7. The SMILES string of the molecule is CN(C)CCNC(=O)[C@H]1COC2(CCN(C(=O)c3cccc(F)c3)CC2)N1C(=O)c1ccc(F)cc1. The molecule has 2 aromatic rings. The number of likely N-dealkylation sites (tertiary alicyclic amines) is 1. The predicted octanol–water partition coefficient (Wildman–Crippen LogP) is 2.12. The lowest BCUT2D eigenvalue weighted by atomic mass is 9.96. The molecule has 1 spiro atoms. The van der Waals surface area contributed by atoms with Crippen LogP contribution in [0.3, 0.4) is 0 Å². The summed E-state index contributed by atoms with van der Waals surface area (Å²) in [5, 5.41) is 2.86. The summed E-state index contributed by atoms with van der Waals surface area (Å²) >= 11 is 0. The van der Waals surface area contributed by atoms with Gasteiger partial charge in [0.15, 0.2) is 0 Å². The van der Waals surface area contributed by atoms with Crippen molar-refractivity contribution in [2.75, 3.05) is 46.9 Å². The van der Waals surface area contributed by atoms with Crippen LogP contribution in [0.15, 0.2) is 48.5 Å². The van der Waals surface area contributed by atoms with Crippen LogP contribution in [0.4, 0.5) is 8.78 Å². The average molecular weight is 501 g/mol. The van der Waals surface area contributed by atoms with E-state index in [0.717, 1.165) is 0 Å².